The summed E-state index contributed by atoms with van der Waals surface area (Å²) in [6, 6.07) is 0. The maximum absolute atomic E-state index is 4.32. The van der Waals surface area contributed by atoms with Crippen molar-refractivity contribution in [3.05, 3.63) is 27.7 Å². The van der Waals surface area contributed by atoms with Crippen molar-refractivity contribution in [2.75, 3.05) is 18.5 Å². The van der Waals surface area contributed by atoms with Gasteiger partial charge in [-0.15, -0.1) is 0 Å². The van der Waals surface area contributed by atoms with Crippen molar-refractivity contribution < 1.29 is 0 Å². The number of aromatic nitrogens is 3. The van der Waals surface area contributed by atoms with Gasteiger partial charge in [0.1, 0.15) is 10.1 Å². The number of nitrogens with zero attached hydrogens (tertiary/aromatic N) is 3. The maximum atomic E-state index is 4.32. The zero-order valence-electron chi connectivity index (χ0n) is 8.07. The van der Waals surface area contributed by atoms with E-state index in [4.69, 9.17) is 0 Å². The number of H-pyrrole nitrogens is 1. The van der Waals surface area contributed by atoms with Gasteiger partial charge in [0.25, 0.3) is 0 Å². The lowest BCUT2D eigenvalue weighted by Crippen LogP contribution is -2.17. The van der Waals surface area contributed by atoms with E-state index in [-0.39, 0.29) is 0 Å². The predicted molar refractivity (Wildman–Crippen MR) is 63.5 cm³/mol. The van der Waals surface area contributed by atoms with Gasteiger partial charge in [-0.2, -0.15) is 4.37 Å². The highest BCUT2D eigenvalue weighted by atomic mass is 79.9. The van der Waals surface area contributed by atoms with Crippen molar-refractivity contribution in [2.45, 2.75) is 5.92 Å². The van der Waals surface area contributed by atoms with E-state index in [2.05, 4.69) is 42.2 Å². The summed E-state index contributed by atoms with van der Waals surface area (Å²) in [7, 11) is 2.09. The summed E-state index contributed by atoms with van der Waals surface area (Å²) in [5.74, 6) is 1.23. The van der Waals surface area contributed by atoms with Crippen molar-refractivity contribution >= 4 is 33.1 Å². The topological polar surface area (TPSA) is 44.8 Å². The van der Waals surface area contributed by atoms with Gasteiger partial charge in [-0.3, -0.25) is 0 Å². The van der Waals surface area contributed by atoms with Crippen LogP contribution in [0.2, 0.25) is 0 Å². The number of hydrogen-bond acceptors (Lipinski definition) is 4. The van der Waals surface area contributed by atoms with E-state index in [0.717, 1.165) is 17.0 Å². The fourth-order valence-electron chi connectivity index (χ4n) is 2.07. The highest BCUT2D eigenvalue weighted by molar-refractivity contribution is 9.10. The minimum absolute atomic E-state index is 0.304. The Hall–Kier alpha value is -0.880. The van der Waals surface area contributed by atoms with E-state index >= 15 is 0 Å². The Morgan fingerprint density at radius 2 is 2.53 bits per heavy atom. The van der Waals surface area contributed by atoms with E-state index < -0.39 is 0 Å². The molecule has 3 rings (SSSR count). The standard InChI is InChI=1S/C9H9BrN4S/c1-14-3-6(9-12-4-15-13-9)5-2-11-8(10)7(5)14/h2,4,6,11H,3H2,1H3. The molecule has 0 spiro atoms. The molecule has 15 heavy (non-hydrogen) atoms. The first kappa shape index (κ1) is 9.35. The minimum atomic E-state index is 0.304. The molecule has 2 aromatic heterocycles. The Morgan fingerprint density at radius 1 is 1.67 bits per heavy atom. The van der Waals surface area contributed by atoms with Gasteiger partial charge in [0, 0.05) is 25.4 Å². The van der Waals surface area contributed by atoms with Crippen LogP contribution < -0.4 is 4.90 Å². The lowest BCUT2D eigenvalue weighted by molar-refractivity contribution is 0.783. The second kappa shape index (κ2) is 3.31. The molecule has 1 unspecified atom stereocenters. The largest absolute Gasteiger partial charge is 0.371 e. The minimum Gasteiger partial charge on any atom is -0.371 e. The smallest absolute Gasteiger partial charge is 0.151 e. The SMILES string of the molecule is CN1CC(c2ncsn2)c2c[nH]c(Br)c21. The van der Waals surface area contributed by atoms with Gasteiger partial charge in [0.15, 0.2) is 5.82 Å². The summed E-state index contributed by atoms with van der Waals surface area (Å²) in [4.78, 5) is 9.70. The number of fused-ring (bicyclic) bond motifs is 1. The zero-order valence-corrected chi connectivity index (χ0v) is 10.5. The summed E-state index contributed by atoms with van der Waals surface area (Å²) in [6.45, 7) is 0.953. The summed E-state index contributed by atoms with van der Waals surface area (Å²) in [5, 5.41) is 0. The Balaban J connectivity index is 2.09. The van der Waals surface area contributed by atoms with Crippen LogP contribution in [-0.2, 0) is 0 Å². The molecule has 4 nitrogen and oxygen atoms in total. The first-order valence-electron chi connectivity index (χ1n) is 4.61. The quantitative estimate of drug-likeness (QED) is 0.873. The Morgan fingerprint density at radius 3 is 3.27 bits per heavy atom. The highest BCUT2D eigenvalue weighted by Gasteiger charge is 2.32. The second-order valence-electron chi connectivity index (χ2n) is 3.63. The van der Waals surface area contributed by atoms with Gasteiger partial charge < -0.3 is 9.88 Å². The molecule has 6 heteroatoms. The monoisotopic (exact) mass is 284 g/mol. The Labute approximate surface area is 99.6 Å². The molecule has 1 aliphatic rings. The van der Waals surface area contributed by atoms with Gasteiger partial charge in [-0.05, 0) is 27.5 Å². The molecule has 0 aliphatic carbocycles. The third-order valence-electron chi connectivity index (χ3n) is 2.74. The zero-order chi connectivity index (χ0) is 10.4. The number of likely N-dealkylation sites (N-methyl/N-ethyl adjacent to an activating group) is 1. The van der Waals surface area contributed by atoms with Crippen molar-refractivity contribution in [3.8, 4) is 0 Å². The van der Waals surface area contributed by atoms with E-state index in [0.29, 0.717) is 5.92 Å². The van der Waals surface area contributed by atoms with E-state index in [1.165, 1.54) is 22.8 Å². The average molecular weight is 285 g/mol. The molecule has 0 aromatic carbocycles. The molecule has 78 valence electrons. The predicted octanol–water partition coefficient (Wildman–Crippen LogP) is 2.21. The van der Waals surface area contributed by atoms with Crippen LogP contribution in [0.1, 0.15) is 17.3 Å². The van der Waals surface area contributed by atoms with Crippen LogP contribution in [0.4, 0.5) is 5.69 Å². The van der Waals surface area contributed by atoms with Crippen molar-refractivity contribution in [1.82, 2.24) is 14.3 Å². The normalized spacial score (nSPS) is 19.6. The number of anilines is 1. The molecule has 1 N–H and O–H groups in total. The molecule has 3 heterocycles. The molecular weight excluding hydrogens is 276 g/mol. The summed E-state index contributed by atoms with van der Waals surface area (Å²) in [6.07, 6.45) is 2.04. The van der Waals surface area contributed by atoms with Crippen molar-refractivity contribution in [3.63, 3.8) is 0 Å². The van der Waals surface area contributed by atoms with E-state index in [1.807, 2.05) is 6.20 Å². The third-order valence-corrected chi connectivity index (χ3v) is 3.84. The molecule has 0 bridgehead atoms. The number of aromatic amines is 1. The van der Waals surface area contributed by atoms with E-state index in [1.54, 1.807) is 5.51 Å². The van der Waals surface area contributed by atoms with Gasteiger partial charge in [-0.1, -0.05) is 0 Å². The molecule has 1 atom stereocenters. The third kappa shape index (κ3) is 1.32. The van der Waals surface area contributed by atoms with Crippen LogP contribution in [0.5, 0.6) is 0 Å². The van der Waals surface area contributed by atoms with Crippen LogP contribution in [0.25, 0.3) is 0 Å². The van der Waals surface area contributed by atoms with Crippen LogP contribution >= 0.6 is 27.5 Å². The maximum Gasteiger partial charge on any atom is 0.151 e. The number of nitrogens with one attached hydrogen (secondary N) is 1. The van der Waals surface area contributed by atoms with E-state index in [9.17, 15) is 0 Å². The lowest BCUT2D eigenvalue weighted by atomic mass is 10.0. The average Bonchev–Trinajstić information content (AvgIpc) is 2.86. The first-order chi connectivity index (χ1) is 7.27. The molecule has 0 saturated carbocycles. The molecular formula is C9H9BrN4S. The molecule has 0 saturated heterocycles. The Kier molecular flexibility index (Phi) is 2.07. The summed E-state index contributed by atoms with van der Waals surface area (Å²) >= 11 is 4.92. The summed E-state index contributed by atoms with van der Waals surface area (Å²) < 4.78 is 5.36. The molecule has 2 aromatic rings. The Bertz CT molecular complexity index is 478. The van der Waals surface area contributed by atoms with Crippen molar-refractivity contribution in [1.29, 1.82) is 0 Å². The highest BCUT2D eigenvalue weighted by Crippen LogP contribution is 2.42. The van der Waals surface area contributed by atoms with Crippen LogP contribution in [0, 0.1) is 0 Å². The fraction of sp³-hybridized carbons (Fsp3) is 0.333. The molecule has 0 radical (unpaired) electrons. The van der Waals surface area contributed by atoms with Crippen LogP contribution in [-0.4, -0.2) is 27.9 Å². The van der Waals surface area contributed by atoms with Crippen LogP contribution in [0.3, 0.4) is 0 Å². The second-order valence-corrected chi connectivity index (χ2v) is 5.03. The summed E-state index contributed by atoms with van der Waals surface area (Å²) in [5.41, 5.74) is 4.30. The fourth-order valence-corrected chi connectivity index (χ4v) is 3.21. The lowest BCUT2D eigenvalue weighted by Gasteiger charge is -2.12. The van der Waals surface area contributed by atoms with Gasteiger partial charge >= 0.3 is 0 Å². The van der Waals surface area contributed by atoms with Gasteiger partial charge in [0.05, 0.1) is 11.6 Å². The van der Waals surface area contributed by atoms with Gasteiger partial charge in [0.2, 0.25) is 0 Å². The number of rotatable bonds is 1. The van der Waals surface area contributed by atoms with Crippen molar-refractivity contribution in [2.24, 2.45) is 0 Å². The molecule has 1 aliphatic heterocycles. The number of halogens is 1. The number of hydrogen-bond donors (Lipinski definition) is 1. The first-order valence-corrected chi connectivity index (χ1v) is 6.24. The van der Waals surface area contributed by atoms with Crippen LogP contribution in [0.15, 0.2) is 16.3 Å². The molecule has 0 amide bonds. The molecule has 0 fully saturated rings. The van der Waals surface area contributed by atoms with Gasteiger partial charge in [-0.25, -0.2) is 4.98 Å².